The Bertz CT molecular complexity index is 1570. The molecule has 0 aliphatic carbocycles. The average Bonchev–Trinajstić information content (AvgIpc) is 3.46. The number of carbonyl (C=O) groups excluding carboxylic acids is 2. The molecular weight excluding hydrogens is 1040 g/mol. The average molecular weight is 1170 g/mol. The second-order valence-corrected chi connectivity index (χ2v) is 26.3. The second-order valence-electron chi connectivity index (χ2n) is 24.9. The number of quaternary nitrogens is 1. The van der Waals surface area contributed by atoms with Crippen molar-refractivity contribution >= 4 is 19.8 Å². The molecule has 0 N–H and O–H groups in total. The summed E-state index contributed by atoms with van der Waals surface area (Å²) in [6.45, 7) is 4.14. The van der Waals surface area contributed by atoms with Gasteiger partial charge in [0.2, 0.25) is 0 Å². The van der Waals surface area contributed by atoms with E-state index < -0.39 is 26.5 Å². The van der Waals surface area contributed by atoms with Crippen LogP contribution >= 0.6 is 7.82 Å². The van der Waals surface area contributed by atoms with Gasteiger partial charge in [-0.25, -0.2) is 0 Å². The molecule has 0 aliphatic rings. The van der Waals surface area contributed by atoms with Gasteiger partial charge in [0, 0.05) is 12.8 Å². The lowest BCUT2D eigenvalue weighted by Crippen LogP contribution is -2.37. The number of nitrogens with zero attached hydrogens (tertiary/aromatic N) is 1. The van der Waals surface area contributed by atoms with Crippen molar-refractivity contribution < 1.29 is 42.1 Å². The van der Waals surface area contributed by atoms with Crippen molar-refractivity contribution in [2.75, 3.05) is 47.5 Å². The lowest BCUT2D eigenvalue weighted by molar-refractivity contribution is -0.870. The van der Waals surface area contributed by atoms with E-state index in [1.807, 2.05) is 21.1 Å². The highest BCUT2D eigenvalue weighted by Crippen LogP contribution is 2.38. The Labute approximate surface area is 508 Å². The van der Waals surface area contributed by atoms with Crippen LogP contribution in [0.15, 0.2) is 60.8 Å². The van der Waals surface area contributed by atoms with Crippen LogP contribution in [0.25, 0.3) is 0 Å². The van der Waals surface area contributed by atoms with Crippen molar-refractivity contribution in [1.29, 1.82) is 0 Å². The first-order valence-corrected chi connectivity index (χ1v) is 36.5. The van der Waals surface area contributed by atoms with E-state index in [1.165, 1.54) is 231 Å². The van der Waals surface area contributed by atoms with Gasteiger partial charge in [0.15, 0.2) is 6.10 Å². The van der Waals surface area contributed by atoms with Crippen LogP contribution in [0.5, 0.6) is 0 Å². The minimum absolute atomic E-state index is 0.0328. The van der Waals surface area contributed by atoms with E-state index in [2.05, 4.69) is 74.6 Å². The minimum Gasteiger partial charge on any atom is -0.756 e. The Morgan fingerprint density at radius 3 is 1.04 bits per heavy atom. The molecule has 0 radical (unpaired) electrons. The molecule has 9 nitrogen and oxygen atoms in total. The first kappa shape index (κ1) is 79.7. The molecule has 0 saturated carbocycles. The molecule has 0 heterocycles. The summed E-state index contributed by atoms with van der Waals surface area (Å²) in [6, 6.07) is 0. The van der Waals surface area contributed by atoms with E-state index >= 15 is 0 Å². The van der Waals surface area contributed by atoms with Crippen molar-refractivity contribution in [3.8, 4) is 0 Å². The van der Waals surface area contributed by atoms with Gasteiger partial charge in [-0.1, -0.05) is 306 Å². The number of esters is 2. The number of likely N-dealkylation sites (N-methyl/N-ethyl adjacent to an activating group) is 1. The molecular formula is C72H134NO8P. The second kappa shape index (κ2) is 63.2. The maximum absolute atomic E-state index is 12.8. The molecule has 0 aromatic rings. The molecule has 2 atom stereocenters. The normalized spacial score (nSPS) is 13.5. The van der Waals surface area contributed by atoms with Gasteiger partial charge in [-0.2, -0.15) is 0 Å². The molecule has 0 aliphatic heterocycles. The monoisotopic (exact) mass is 1170 g/mol. The fraction of sp³-hybridized carbons (Fsp3) is 0.833. The molecule has 10 heteroatoms. The quantitative estimate of drug-likeness (QED) is 0.0195. The number of hydrogen-bond acceptors (Lipinski definition) is 8. The van der Waals surface area contributed by atoms with E-state index in [0.29, 0.717) is 17.4 Å². The zero-order valence-corrected chi connectivity index (χ0v) is 55.6. The maximum atomic E-state index is 12.8. The van der Waals surface area contributed by atoms with Crippen LogP contribution in [0, 0.1) is 0 Å². The minimum atomic E-state index is -4.64. The Balaban J connectivity index is 3.85. The summed E-state index contributed by atoms with van der Waals surface area (Å²) in [7, 11) is 1.17. The van der Waals surface area contributed by atoms with E-state index in [0.717, 1.165) is 70.6 Å². The predicted molar refractivity (Wildman–Crippen MR) is 351 cm³/mol. The van der Waals surface area contributed by atoms with Gasteiger partial charge in [-0.3, -0.25) is 14.2 Å². The van der Waals surface area contributed by atoms with Crippen molar-refractivity contribution in [3.05, 3.63) is 60.8 Å². The molecule has 0 bridgehead atoms. The number of rotatable bonds is 65. The van der Waals surface area contributed by atoms with Crippen LogP contribution in [0.2, 0.25) is 0 Å². The third-order valence-electron chi connectivity index (χ3n) is 15.5. The van der Waals surface area contributed by atoms with Crippen molar-refractivity contribution in [2.24, 2.45) is 0 Å². The third kappa shape index (κ3) is 66.8. The maximum Gasteiger partial charge on any atom is 0.306 e. The molecule has 480 valence electrons. The molecule has 0 aromatic heterocycles. The smallest absolute Gasteiger partial charge is 0.306 e. The summed E-state index contributed by atoms with van der Waals surface area (Å²) in [6.07, 6.45) is 83.3. The van der Waals surface area contributed by atoms with E-state index in [-0.39, 0.29) is 32.0 Å². The Morgan fingerprint density at radius 2 is 0.695 bits per heavy atom. The number of ether oxygens (including phenoxy) is 2. The molecule has 0 rings (SSSR count). The van der Waals surface area contributed by atoms with Crippen LogP contribution in [-0.4, -0.2) is 70.0 Å². The fourth-order valence-electron chi connectivity index (χ4n) is 10.2. The van der Waals surface area contributed by atoms with Crippen LogP contribution < -0.4 is 4.89 Å². The molecule has 0 spiro atoms. The lowest BCUT2D eigenvalue weighted by Gasteiger charge is -2.28. The highest BCUT2D eigenvalue weighted by Gasteiger charge is 2.22. The molecule has 2 unspecified atom stereocenters. The standard InChI is InChI=1S/C72H134NO8P/c1-6-8-10-12-14-16-18-20-22-24-25-26-27-28-29-30-31-32-33-34-35-36-37-38-39-40-41-42-43-44-45-46-47-49-50-52-54-56-58-60-62-64-71(74)78-68-70(69-80-82(76,77)79-67-66-73(3,4)5)81-72(75)65-63-61-59-57-55-53-51-48-23-21-19-17-15-13-11-9-7-2/h9,11,15,17-18,20-21,23-25,70H,6-8,10,12-14,16,19,22,26-69H2,1-5H3/b11-9-,17-15-,20-18-,23-21-,25-24-. The van der Waals surface area contributed by atoms with Crippen LogP contribution in [0.3, 0.4) is 0 Å². The SMILES string of the molecule is CC/C=C\C/C=C\C/C=C\CCCCCCCCCC(=O)OC(COC(=O)CCCCCCCCCCCCCCCCCCCCCCCCCCCCCCC/C=C\C/C=C\CCCCCCC)COP(=O)([O-])OCC[N+](C)(C)C. The molecule has 0 saturated heterocycles. The van der Waals surface area contributed by atoms with Gasteiger partial charge in [0.25, 0.3) is 7.82 Å². The number of phosphoric ester groups is 1. The van der Waals surface area contributed by atoms with E-state index in [1.54, 1.807) is 0 Å². The highest BCUT2D eigenvalue weighted by molar-refractivity contribution is 7.45. The third-order valence-corrected chi connectivity index (χ3v) is 16.5. The van der Waals surface area contributed by atoms with Crippen molar-refractivity contribution in [1.82, 2.24) is 0 Å². The Hall–Kier alpha value is -2.29. The van der Waals surface area contributed by atoms with Gasteiger partial charge < -0.3 is 27.9 Å². The van der Waals surface area contributed by atoms with Gasteiger partial charge in [-0.15, -0.1) is 0 Å². The van der Waals surface area contributed by atoms with Crippen LogP contribution in [0.4, 0.5) is 0 Å². The molecule has 0 fully saturated rings. The number of phosphoric acid groups is 1. The topological polar surface area (TPSA) is 111 Å². The Kier molecular flexibility index (Phi) is 61.5. The van der Waals surface area contributed by atoms with E-state index in [9.17, 15) is 19.0 Å². The van der Waals surface area contributed by atoms with Crippen LogP contribution in [-0.2, 0) is 32.7 Å². The van der Waals surface area contributed by atoms with Gasteiger partial charge in [0.1, 0.15) is 19.8 Å². The number of carbonyl (C=O) groups is 2. The lowest BCUT2D eigenvalue weighted by atomic mass is 10.0. The zero-order chi connectivity index (χ0) is 59.8. The Morgan fingerprint density at radius 1 is 0.390 bits per heavy atom. The van der Waals surface area contributed by atoms with E-state index in [4.69, 9.17) is 18.5 Å². The highest BCUT2D eigenvalue weighted by atomic mass is 31.2. The summed E-state index contributed by atoms with van der Waals surface area (Å²) >= 11 is 0. The van der Waals surface area contributed by atoms with Gasteiger partial charge in [0.05, 0.1) is 27.7 Å². The summed E-state index contributed by atoms with van der Waals surface area (Å²) in [5, 5.41) is 0. The predicted octanol–water partition coefficient (Wildman–Crippen LogP) is 22.0. The number of hydrogen-bond donors (Lipinski definition) is 0. The fourth-order valence-corrected chi connectivity index (χ4v) is 10.9. The molecule has 0 amide bonds. The first-order valence-electron chi connectivity index (χ1n) is 35.0. The van der Waals surface area contributed by atoms with Crippen molar-refractivity contribution in [3.63, 3.8) is 0 Å². The van der Waals surface area contributed by atoms with Crippen molar-refractivity contribution in [2.45, 2.75) is 341 Å². The molecule has 82 heavy (non-hydrogen) atoms. The largest absolute Gasteiger partial charge is 0.756 e. The number of allylic oxidation sites excluding steroid dienone is 10. The summed E-state index contributed by atoms with van der Waals surface area (Å²) < 4.78 is 34.2. The summed E-state index contributed by atoms with van der Waals surface area (Å²) in [5.74, 6) is -0.832. The van der Waals surface area contributed by atoms with Gasteiger partial charge >= 0.3 is 11.9 Å². The summed E-state index contributed by atoms with van der Waals surface area (Å²) in [5.41, 5.74) is 0. The zero-order valence-electron chi connectivity index (χ0n) is 54.7. The number of unbranched alkanes of at least 4 members (excludes halogenated alkanes) is 41. The first-order chi connectivity index (χ1) is 40.0. The van der Waals surface area contributed by atoms with Gasteiger partial charge in [-0.05, 0) is 77.0 Å². The summed E-state index contributed by atoms with van der Waals surface area (Å²) in [4.78, 5) is 37.9. The molecule has 0 aromatic carbocycles. The van der Waals surface area contributed by atoms with Crippen LogP contribution in [0.1, 0.15) is 335 Å².